The summed E-state index contributed by atoms with van der Waals surface area (Å²) in [5, 5.41) is 3.39. The number of aryl methyl sites for hydroxylation is 3. The van der Waals surface area contributed by atoms with Crippen molar-refractivity contribution in [2.75, 3.05) is 13.6 Å². The van der Waals surface area contributed by atoms with Crippen LogP contribution < -0.4 is 11.1 Å². The Kier molecular flexibility index (Phi) is 4.97. The first-order valence-corrected chi connectivity index (χ1v) is 6.05. The van der Waals surface area contributed by atoms with Crippen LogP contribution in [0.1, 0.15) is 41.1 Å². The molecule has 1 rings (SSSR count). The highest BCUT2D eigenvalue weighted by Gasteiger charge is 2.12. The Bertz CT molecular complexity index is 345. The van der Waals surface area contributed by atoms with E-state index in [-0.39, 0.29) is 0 Å². The van der Waals surface area contributed by atoms with Crippen LogP contribution in [0.25, 0.3) is 0 Å². The Balaban J connectivity index is 2.95. The van der Waals surface area contributed by atoms with Gasteiger partial charge in [-0.3, -0.25) is 0 Å². The van der Waals surface area contributed by atoms with Gasteiger partial charge in [0.25, 0.3) is 0 Å². The number of hydrogen-bond acceptors (Lipinski definition) is 2. The molecule has 2 heteroatoms. The highest BCUT2D eigenvalue weighted by Crippen LogP contribution is 2.24. The molecule has 0 amide bonds. The molecule has 2 nitrogen and oxygen atoms in total. The van der Waals surface area contributed by atoms with Crippen molar-refractivity contribution >= 4 is 0 Å². The van der Waals surface area contributed by atoms with E-state index in [2.05, 4.69) is 38.2 Å². The monoisotopic (exact) mass is 220 g/mol. The lowest BCUT2D eigenvalue weighted by atomic mass is 9.93. The molecule has 0 radical (unpaired) electrons. The molecule has 0 aliphatic heterocycles. The Hall–Kier alpha value is -0.860. The molecular formula is C14H24N2. The third-order valence-corrected chi connectivity index (χ3v) is 3.30. The quantitative estimate of drug-likeness (QED) is 0.800. The minimum atomic E-state index is 0.433. The summed E-state index contributed by atoms with van der Waals surface area (Å²) in [6, 6.07) is 5.02. The van der Waals surface area contributed by atoms with Crippen LogP contribution in [0.15, 0.2) is 12.1 Å². The summed E-state index contributed by atoms with van der Waals surface area (Å²) in [6.45, 7) is 7.30. The van der Waals surface area contributed by atoms with Crippen molar-refractivity contribution in [2.45, 2.75) is 39.7 Å². The lowest BCUT2D eigenvalue weighted by Crippen LogP contribution is -2.19. The predicted molar refractivity (Wildman–Crippen MR) is 70.7 cm³/mol. The van der Waals surface area contributed by atoms with E-state index in [1.54, 1.807) is 0 Å². The van der Waals surface area contributed by atoms with Gasteiger partial charge in [-0.05, 0) is 69.5 Å². The fourth-order valence-corrected chi connectivity index (χ4v) is 2.14. The fraction of sp³-hybridized carbons (Fsp3) is 0.571. The lowest BCUT2D eigenvalue weighted by molar-refractivity contribution is 0.528. The van der Waals surface area contributed by atoms with Gasteiger partial charge >= 0.3 is 0 Å². The third kappa shape index (κ3) is 3.06. The van der Waals surface area contributed by atoms with Crippen molar-refractivity contribution in [1.82, 2.24) is 5.32 Å². The molecule has 0 saturated heterocycles. The van der Waals surface area contributed by atoms with Crippen LogP contribution in [-0.4, -0.2) is 13.6 Å². The first-order chi connectivity index (χ1) is 7.60. The normalized spacial score (nSPS) is 12.8. The predicted octanol–water partition coefficient (Wildman–Crippen LogP) is 2.61. The van der Waals surface area contributed by atoms with E-state index in [0.717, 1.165) is 19.4 Å². The van der Waals surface area contributed by atoms with Gasteiger partial charge in [0.15, 0.2) is 0 Å². The summed E-state index contributed by atoms with van der Waals surface area (Å²) in [6.07, 6.45) is 2.17. The molecule has 16 heavy (non-hydrogen) atoms. The summed E-state index contributed by atoms with van der Waals surface area (Å²) in [5.74, 6) is 0. The van der Waals surface area contributed by atoms with Gasteiger partial charge in [-0.25, -0.2) is 0 Å². The Labute approximate surface area is 99.2 Å². The summed E-state index contributed by atoms with van der Waals surface area (Å²) in [4.78, 5) is 0. The van der Waals surface area contributed by atoms with Gasteiger partial charge in [-0.15, -0.1) is 0 Å². The number of nitrogens with one attached hydrogen (secondary N) is 1. The van der Waals surface area contributed by atoms with E-state index in [1.165, 1.54) is 22.3 Å². The maximum absolute atomic E-state index is 5.57. The molecule has 0 heterocycles. The third-order valence-electron chi connectivity index (χ3n) is 3.30. The molecule has 1 aromatic carbocycles. The smallest absolute Gasteiger partial charge is 0.0320 e. The average molecular weight is 220 g/mol. The van der Waals surface area contributed by atoms with Crippen LogP contribution in [0, 0.1) is 20.8 Å². The van der Waals surface area contributed by atoms with Gasteiger partial charge in [0.05, 0.1) is 0 Å². The Morgan fingerprint density at radius 2 is 1.75 bits per heavy atom. The second-order valence-electron chi connectivity index (χ2n) is 4.57. The molecule has 90 valence electrons. The van der Waals surface area contributed by atoms with Gasteiger partial charge in [-0.1, -0.05) is 12.1 Å². The van der Waals surface area contributed by atoms with Crippen molar-refractivity contribution < 1.29 is 0 Å². The summed E-state index contributed by atoms with van der Waals surface area (Å²) in [7, 11) is 2.02. The molecule has 0 aliphatic carbocycles. The maximum Gasteiger partial charge on any atom is 0.0320 e. The summed E-state index contributed by atoms with van der Waals surface area (Å²) < 4.78 is 0. The standard InChI is InChI=1S/C14H24N2/c1-10-8-12(3)13(9-11(10)2)14(16-4)6-5-7-15/h8-9,14,16H,5-7,15H2,1-4H3. The van der Waals surface area contributed by atoms with E-state index in [0.29, 0.717) is 6.04 Å². The first-order valence-electron chi connectivity index (χ1n) is 6.05. The van der Waals surface area contributed by atoms with Crippen molar-refractivity contribution in [2.24, 2.45) is 5.73 Å². The molecule has 0 aliphatic rings. The second kappa shape index (κ2) is 6.02. The topological polar surface area (TPSA) is 38.0 Å². The molecule has 0 bridgehead atoms. The van der Waals surface area contributed by atoms with Gasteiger partial charge in [0.1, 0.15) is 0 Å². The number of benzene rings is 1. The lowest BCUT2D eigenvalue weighted by Gasteiger charge is -2.20. The highest BCUT2D eigenvalue weighted by molar-refractivity contribution is 5.38. The van der Waals surface area contributed by atoms with Crippen LogP contribution in [0.2, 0.25) is 0 Å². The molecule has 0 spiro atoms. The van der Waals surface area contributed by atoms with E-state index < -0.39 is 0 Å². The van der Waals surface area contributed by atoms with Crippen molar-refractivity contribution in [1.29, 1.82) is 0 Å². The van der Waals surface area contributed by atoms with Crippen LogP contribution >= 0.6 is 0 Å². The number of hydrogen-bond donors (Lipinski definition) is 2. The summed E-state index contributed by atoms with van der Waals surface area (Å²) in [5.41, 5.74) is 11.1. The molecule has 1 aromatic rings. The van der Waals surface area contributed by atoms with Crippen molar-refractivity contribution in [3.8, 4) is 0 Å². The molecule has 1 atom stereocenters. The minimum absolute atomic E-state index is 0.433. The highest BCUT2D eigenvalue weighted by atomic mass is 14.9. The SMILES string of the molecule is CNC(CCCN)c1cc(C)c(C)cc1C. The van der Waals surface area contributed by atoms with Crippen LogP contribution in [0.5, 0.6) is 0 Å². The van der Waals surface area contributed by atoms with E-state index in [4.69, 9.17) is 5.73 Å². The summed E-state index contributed by atoms with van der Waals surface area (Å²) >= 11 is 0. The Morgan fingerprint density at radius 3 is 2.31 bits per heavy atom. The zero-order valence-electron chi connectivity index (χ0n) is 10.9. The van der Waals surface area contributed by atoms with Crippen LogP contribution in [0.3, 0.4) is 0 Å². The average Bonchev–Trinajstić information content (AvgIpc) is 2.26. The largest absolute Gasteiger partial charge is 0.330 e. The Morgan fingerprint density at radius 1 is 1.12 bits per heavy atom. The number of nitrogens with two attached hydrogens (primary N) is 1. The first kappa shape index (κ1) is 13.2. The van der Waals surface area contributed by atoms with E-state index >= 15 is 0 Å². The van der Waals surface area contributed by atoms with E-state index in [1.807, 2.05) is 7.05 Å². The zero-order valence-corrected chi connectivity index (χ0v) is 10.9. The van der Waals surface area contributed by atoms with Gasteiger partial charge in [0, 0.05) is 6.04 Å². The fourth-order valence-electron chi connectivity index (χ4n) is 2.14. The number of rotatable bonds is 5. The van der Waals surface area contributed by atoms with Crippen molar-refractivity contribution in [3.63, 3.8) is 0 Å². The molecule has 0 aromatic heterocycles. The van der Waals surface area contributed by atoms with Gasteiger partial charge < -0.3 is 11.1 Å². The van der Waals surface area contributed by atoms with Crippen LogP contribution in [-0.2, 0) is 0 Å². The van der Waals surface area contributed by atoms with Crippen LogP contribution in [0.4, 0.5) is 0 Å². The van der Waals surface area contributed by atoms with Crippen molar-refractivity contribution in [3.05, 3.63) is 34.4 Å². The molecule has 3 N–H and O–H groups in total. The molecular weight excluding hydrogens is 196 g/mol. The van der Waals surface area contributed by atoms with Gasteiger partial charge in [-0.2, -0.15) is 0 Å². The maximum atomic E-state index is 5.57. The van der Waals surface area contributed by atoms with Gasteiger partial charge in [0.2, 0.25) is 0 Å². The van der Waals surface area contributed by atoms with E-state index in [9.17, 15) is 0 Å². The second-order valence-corrected chi connectivity index (χ2v) is 4.57. The minimum Gasteiger partial charge on any atom is -0.330 e. The molecule has 0 saturated carbocycles. The zero-order chi connectivity index (χ0) is 12.1. The molecule has 1 unspecified atom stereocenters. The molecule has 0 fully saturated rings.